The summed E-state index contributed by atoms with van der Waals surface area (Å²) in [6.45, 7) is 2.04. The molecule has 0 aromatic carbocycles. The van der Waals surface area contributed by atoms with Gasteiger partial charge in [0.1, 0.15) is 0 Å². The molecule has 0 spiro atoms. The van der Waals surface area contributed by atoms with E-state index in [9.17, 15) is 0 Å². The number of oxime groups is 1. The summed E-state index contributed by atoms with van der Waals surface area (Å²) >= 11 is 0. The van der Waals surface area contributed by atoms with Gasteiger partial charge in [0.2, 0.25) is 0 Å². The molecule has 0 aromatic rings. The van der Waals surface area contributed by atoms with Crippen LogP contribution < -0.4 is 0 Å². The lowest BCUT2D eigenvalue weighted by molar-refractivity contribution is 0.180. The smallest absolute Gasteiger partial charge is 0.0723 e. The van der Waals surface area contributed by atoms with Crippen LogP contribution in [0.2, 0.25) is 0 Å². The summed E-state index contributed by atoms with van der Waals surface area (Å²) in [5.74, 6) is 1.97. The Morgan fingerprint density at radius 3 is 2.79 bits per heavy atom. The molecule has 3 rings (SSSR count). The third-order valence-electron chi connectivity index (χ3n) is 4.38. The first-order valence-corrected chi connectivity index (χ1v) is 5.80. The Balaban J connectivity index is 1.67. The van der Waals surface area contributed by atoms with Crippen LogP contribution in [0, 0.1) is 11.8 Å². The first-order chi connectivity index (χ1) is 6.86. The quantitative estimate of drug-likeness (QED) is 0.509. The molecule has 2 aliphatic carbocycles. The Labute approximate surface area is 84.8 Å². The first kappa shape index (κ1) is 8.72. The van der Waals surface area contributed by atoms with Crippen molar-refractivity contribution in [3.05, 3.63) is 0 Å². The molecule has 3 unspecified atom stereocenters. The monoisotopic (exact) mass is 194 g/mol. The number of likely N-dealkylation sites (tertiary alicyclic amines) is 1. The first-order valence-electron chi connectivity index (χ1n) is 5.80. The average Bonchev–Trinajstić information content (AvgIpc) is 2.93. The molecule has 2 bridgehead atoms. The fourth-order valence-corrected chi connectivity index (χ4v) is 3.69. The van der Waals surface area contributed by atoms with Crippen LogP contribution in [0.15, 0.2) is 5.16 Å². The Morgan fingerprint density at radius 2 is 2.21 bits per heavy atom. The highest BCUT2D eigenvalue weighted by Gasteiger charge is 2.43. The molecular formula is C11H18N2O. The van der Waals surface area contributed by atoms with Gasteiger partial charge < -0.3 is 5.21 Å². The molecule has 3 nitrogen and oxygen atoms in total. The zero-order valence-electron chi connectivity index (χ0n) is 8.52. The van der Waals surface area contributed by atoms with E-state index in [1.165, 1.54) is 25.7 Å². The minimum absolute atomic E-state index is 0.813. The lowest BCUT2D eigenvalue weighted by Crippen LogP contribution is -2.37. The van der Waals surface area contributed by atoms with Gasteiger partial charge in [0.05, 0.1) is 5.71 Å². The normalized spacial score (nSPS) is 45.4. The molecule has 14 heavy (non-hydrogen) atoms. The summed E-state index contributed by atoms with van der Waals surface area (Å²) in [7, 11) is 0. The zero-order valence-corrected chi connectivity index (χ0v) is 8.52. The van der Waals surface area contributed by atoms with Gasteiger partial charge in [-0.3, -0.25) is 4.90 Å². The number of hydrogen-bond acceptors (Lipinski definition) is 3. The summed E-state index contributed by atoms with van der Waals surface area (Å²) in [4.78, 5) is 2.54. The second-order valence-electron chi connectivity index (χ2n) is 5.13. The molecule has 3 atom stereocenters. The molecule has 2 saturated carbocycles. The highest BCUT2D eigenvalue weighted by Crippen LogP contribution is 2.47. The van der Waals surface area contributed by atoms with Crippen LogP contribution in [0.5, 0.6) is 0 Å². The van der Waals surface area contributed by atoms with Crippen molar-refractivity contribution in [3.63, 3.8) is 0 Å². The Hall–Kier alpha value is -0.570. The Morgan fingerprint density at radius 1 is 1.29 bits per heavy atom. The van der Waals surface area contributed by atoms with E-state index in [0.717, 1.165) is 43.1 Å². The van der Waals surface area contributed by atoms with Gasteiger partial charge in [-0.05, 0) is 31.1 Å². The number of fused-ring (bicyclic) bond motifs is 2. The van der Waals surface area contributed by atoms with Gasteiger partial charge >= 0.3 is 0 Å². The van der Waals surface area contributed by atoms with Crippen molar-refractivity contribution in [3.8, 4) is 0 Å². The Kier molecular flexibility index (Phi) is 2.01. The topological polar surface area (TPSA) is 35.8 Å². The number of hydrogen-bond donors (Lipinski definition) is 1. The van der Waals surface area contributed by atoms with Crippen molar-refractivity contribution in [2.45, 2.75) is 38.1 Å². The fourth-order valence-electron chi connectivity index (χ4n) is 3.69. The van der Waals surface area contributed by atoms with Gasteiger partial charge in [-0.25, -0.2) is 0 Å². The standard InChI is InChI=1S/C11H18N2O/c14-12-10-3-4-13(7-10)11-6-8-1-2-9(11)5-8/h8-9,11,14H,1-7H2/b12-10+. The highest BCUT2D eigenvalue weighted by molar-refractivity contribution is 5.87. The van der Waals surface area contributed by atoms with Crippen LogP contribution in [0.3, 0.4) is 0 Å². The van der Waals surface area contributed by atoms with Crippen molar-refractivity contribution in [2.24, 2.45) is 17.0 Å². The summed E-state index contributed by atoms with van der Waals surface area (Å²) < 4.78 is 0. The van der Waals surface area contributed by atoms with Gasteiger partial charge in [-0.1, -0.05) is 11.6 Å². The molecule has 1 aliphatic heterocycles. The summed E-state index contributed by atoms with van der Waals surface area (Å²) in [5, 5.41) is 12.1. The molecule has 1 heterocycles. The molecule has 0 aromatic heterocycles. The van der Waals surface area contributed by atoms with Crippen molar-refractivity contribution in [2.75, 3.05) is 13.1 Å². The van der Waals surface area contributed by atoms with E-state index >= 15 is 0 Å². The van der Waals surface area contributed by atoms with Gasteiger partial charge in [0.15, 0.2) is 0 Å². The predicted octanol–water partition coefficient (Wildman–Crippen LogP) is 1.71. The molecular weight excluding hydrogens is 176 g/mol. The van der Waals surface area contributed by atoms with Crippen molar-refractivity contribution in [1.82, 2.24) is 4.90 Å². The molecule has 3 aliphatic rings. The SMILES string of the molecule is O/N=C1\CCN(C2CC3CCC2C3)C1. The zero-order chi connectivity index (χ0) is 9.54. The molecule has 3 fully saturated rings. The second kappa shape index (κ2) is 3.23. The summed E-state index contributed by atoms with van der Waals surface area (Å²) in [5.41, 5.74) is 0.979. The number of rotatable bonds is 1. The molecule has 3 heteroatoms. The average molecular weight is 194 g/mol. The molecule has 1 saturated heterocycles. The van der Waals surface area contributed by atoms with Crippen LogP contribution in [-0.4, -0.2) is 35.0 Å². The second-order valence-corrected chi connectivity index (χ2v) is 5.13. The lowest BCUT2D eigenvalue weighted by Gasteiger charge is -2.30. The Bertz CT molecular complexity index is 264. The van der Waals surface area contributed by atoms with Gasteiger partial charge in [0.25, 0.3) is 0 Å². The lowest BCUT2D eigenvalue weighted by atomic mass is 9.94. The van der Waals surface area contributed by atoms with E-state index in [4.69, 9.17) is 5.21 Å². The minimum atomic E-state index is 0.813. The molecule has 78 valence electrons. The van der Waals surface area contributed by atoms with Crippen LogP contribution in [-0.2, 0) is 0 Å². The maximum Gasteiger partial charge on any atom is 0.0723 e. The highest BCUT2D eigenvalue weighted by atomic mass is 16.4. The molecule has 1 N–H and O–H groups in total. The third-order valence-corrected chi connectivity index (χ3v) is 4.38. The summed E-state index contributed by atoms with van der Waals surface area (Å²) in [6, 6.07) is 0.813. The summed E-state index contributed by atoms with van der Waals surface area (Å²) in [6.07, 6.45) is 6.76. The van der Waals surface area contributed by atoms with Gasteiger partial charge in [0, 0.05) is 25.6 Å². The molecule has 0 radical (unpaired) electrons. The van der Waals surface area contributed by atoms with Gasteiger partial charge in [-0.15, -0.1) is 0 Å². The molecule has 0 amide bonds. The van der Waals surface area contributed by atoms with Crippen molar-refractivity contribution in [1.29, 1.82) is 0 Å². The van der Waals surface area contributed by atoms with E-state index < -0.39 is 0 Å². The van der Waals surface area contributed by atoms with E-state index in [0.29, 0.717) is 0 Å². The van der Waals surface area contributed by atoms with E-state index in [1.54, 1.807) is 0 Å². The number of nitrogens with zero attached hydrogens (tertiary/aromatic N) is 2. The maximum absolute atomic E-state index is 8.72. The van der Waals surface area contributed by atoms with E-state index in [-0.39, 0.29) is 0 Å². The fraction of sp³-hybridized carbons (Fsp3) is 0.909. The van der Waals surface area contributed by atoms with Crippen LogP contribution >= 0.6 is 0 Å². The van der Waals surface area contributed by atoms with Crippen molar-refractivity contribution < 1.29 is 5.21 Å². The van der Waals surface area contributed by atoms with E-state index in [1.807, 2.05) is 0 Å². The van der Waals surface area contributed by atoms with Crippen LogP contribution in [0.25, 0.3) is 0 Å². The van der Waals surface area contributed by atoms with Gasteiger partial charge in [-0.2, -0.15) is 0 Å². The minimum Gasteiger partial charge on any atom is -0.411 e. The van der Waals surface area contributed by atoms with Crippen LogP contribution in [0.1, 0.15) is 32.1 Å². The van der Waals surface area contributed by atoms with Crippen LogP contribution in [0.4, 0.5) is 0 Å². The predicted molar refractivity (Wildman–Crippen MR) is 54.6 cm³/mol. The van der Waals surface area contributed by atoms with E-state index in [2.05, 4.69) is 10.1 Å². The maximum atomic E-state index is 8.72. The van der Waals surface area contributed by atoms with Crippen molar-refractivity contribution >= 4 is 5.71 Å². The third kappa shape index (κ3) is 1.26. The largest absolute Gasteiger partial charge is 0.411 e.